The van der Waals surface area contributed by atoms with Crippen LogP contribution in [-0.2, 0) is 9.53 Å². The van der Waals surface area contributed by atoms with Crippen LogP contribution in [0.4, 0.5) is 5.82 Å². The van der Waals surface area contributed by atoms with Gasteiger partial charge in [-0.05, 0) is 19.9 Å². The van der Waals surface area contributed by atoms with E-state index in [4.69, 9.17) is 13.7 Å². The fourth-order valence-electron chi connectivity index (χ4n) is 2.29. The number of anilines is 1. The van der Waals surface area contributed by atoms with Crippen LogP contribution in [0.15, 0.2) is 57.7 Å². The molecule has 0 spiro atoms. The predicted molar refractivity (Wildman–Crippen MR) is 87.9 cm³/mol. The van der Waals surface area contributed by atoms with E-state index in [0.717, 1.165) is 0 Å². The summed E-state index contributed by atoms with van der Waals surface area (Å²) in [6.07, 6.45) is 0.252. The van der Waals surface area contributed by atoms with E-state index in [9.17, 15) is 9.59 Å². The third-order valence-electron chi connectivity index (χ3n) is 3.52. The summed E-state index contributed by atoms with van der Waals surface area (Å²) < 4.78 is 15.5. The molecule has 3 aromatic rings. The molecule has 0 aliphatic carbocycles. The van der Waals surface area contributed by atoms with Gasteiger partial charge in [0.15, 0.2) is 5.82 Å². The van der Waals surface area contributed by atoms with Crippen molar-refractivity contribution in [2.45, 2.75) is 20.0 Å². The van der Waals surface area contributed by atoms with Crippen molar-refractivity contribution < 1.29 is 23.3 Å². The second-order valence-electron chi connectivity index (χ2n) is 5.40. The normalized spacial score (nSPS) is 11.8. The van der Waals surface area contributed by atoms with Gasteiger partial charge < -0.3 is 19.0 Å². The molecule has 0 saturated carbocycles. The highest BCUT2D eigenvalue weighted by Gasteiger charge is 2.27. The van der Waals surface area contributed by atoms with Crippen LogP contribution in [-0.4, -0.2) is 17.0 Å². The zero-order valence-corrected chi connectivity index (χ0v) is 13.7. The first-order valence-corrected chi connectivity index (χ1v) is 7.59. The van der Waals surface area contributed by atoms with E-state index in [0.29, 0.717) is 17.1 Å². The predicted octanol–water partition coefficient (Wildman–Crippen LogP) is 3.42. The summed E-state index contributed by atoms with van der Waals surface area (Å²) in [6.45, 7) is 3.35. The molecule has 25 heavy (non-hydrogen) atoms. The first-order valence-electron chi connectivity index (χ1n) is 7.59. The minimum Gasteiger partial charge on any atom is -0.469 e. The first-order chi connectivity index (χ1) is 12.0. The number of nitrogens with one attached hydrogen (secondary N) is 1. The number of esters is 1. The Balaban J connectivity index is 1.83. The van der Waals surface area contributed by atoms with Crippen molar-refractivity contribution in [2.75, 3.05) is 5.32 Å². The van der Waals surface area contributed by atoms with Gasteiger partial charge in [0.05, 0.1) is 6.26 Å². The van der Waals surface area contributed by atoms with Crippen LogP contribution in [0.5, 0.6) is 0 Å². The van der Waals surface area contributed by atoms with Gasteiger partial charge in [-0.2, -0.15) is 0 Å². The van der Waals surface area contributed by atoms with Crippen molar-refractivity contribution in [3.8, 4) is 0 Å². The van der Waals surface area contributed by atoms with E-state index in [1.54, 1.807) is 44.2 Å². The maximum Gasteiger partial charge on any atom is 0.342 e. The third-order valence-corrected chi connectivity index (χ3v) is 3.52. The summed E-state index contributed by atoms with van der Waals surface area (Å²) in [5.74, 6) is 0.0430. The second-order valence-corrected chi connectivity index (χ2v) is 5.40. The monoisotopic (exact) mass is 340 g/mol. The molecule has 1 atom stereocenters. The third kappa shape index (κ3) is 3.77. The number of ether oxygens (including phenoxy) is 1. The van der Waals surface area contributed by atoms with Crippen LogP contribution < -0.4 is 5.32 Å². The fourth-order valence-corrected chi connectivity index (χ4v) is 2.29. The summed E-state index contributed by atoms with van der Waals surface area (Å²) in [5.41, 5.74) is 0.806. The van der Waals surface area contributed by atoms with Crippen LogP contribution in [0.3, 0.4) is 0 Å². The van der Waals surface area contributed by atoms with Crippen molar-refractivity contribution in [1.82, 2.24) is 5.16 Å². The van der Waals surface area contributed by atoms with Gasteiger partial charge in [-0.1, -0.05) is 35.5 Å². The molecule has 0 aliphatic rings. The van der Waals surface area contributed by atoms with E-state index in [1.165, 1.54) is 12.3 Å². The zero-order chi connectivity index (χ0) is 17.8. The molecule has 128 valence electrons. The smallest absolute Gasteiger partial charge is 0.342 e. The molecular weight excluding hydrogens is 324 g/mol. The summed E-state index contributed by atoms with van der Waals surface area (Å²) in [4.78, 5) is 25.0. The van der Waals surface area contributed by atoms with Crippen molar-refractivity contribution in [1.29, 1.82) is 0 Å². The molecule has 2 heterocycles. The summed E-state index contributed by atoms with van der Waals surface area (Å²) in [5, 5.41) is 6.29. The highest BCUT2D eigenvalue weighted by Crippen LogP contribution is 2.22. The lowest BCUT2D eigenvalue weighted by Gasteiger charge is -2.17. The number of benzene rings is 1. The Morgan fingerprint density at radius 3 is 2.52 bits per heavy atom. The number of carbonyl (C=O) groups is 2. The highest BCUT2D eigenvalue weighted by atomic mass is 16.5. The number of hydrogen-bond acceptors (Lipinski definition) is 6. The topological polar surface area (TPSA) is 94.6 Å². The summed E-state index contributed by atoms with van der Waals surface area (Å²) in [7, 11) is 0. The van der Waals surface area contributed by atoms with Gasteiger partial charge in [0, 0.05) is 11.6 Å². The number of nitrogens with zero attached hydrogens (tertiary/aromatic N) is 1. The van der Waals surface area contributed by atoms with Crippen LogP contribution in [0.25, 0.3) is 0 Å². The van der Waals surface area contributed by atoms with E-state index in [1.807, 2.05) is 6.07 Å². The molecule has 7 heteroatoms. The number of hydrogen-bond donors (Lipinski definition) is 1. The fraction of sp³-hybridized carbons (Fsp3) is 0.167. The highest BCUT2D eigenvalue weighted by molar-refractivity contribution is 5.97. The molecule has 7 nitrogen and oxygen atoms in total. The van der Waals surface area contributed by atoms with Gasteiger partial charge in [0.1, 0.15) is 17.1 Å². The average Bonchev–Trinajstić information content (AvgIpc) is 3.21. The van der Waals surface area contributed by atoms with Crippen LogP contribution in [0, 0.1) is 13.8 Å². The van der Waals surface area contributed by atoms with Gasteiger partial charge in [-0.3, -0.25) is 4.79 Å². The second kappa shape index (κ2) is 7.04. The Morgan fingerprint density at radius 1 is 1.16 bits per heavy atom. The van der Waals surface area contributed by atoms with Crippen molar-refractivity contribution in [3.63, 3.8) is 0 Å². The number of furan rings is 1. The van der Waals surface area contributed by atoms with E-state index >= 15 is 0 Å². The van der Waals surface area contributed by atoms with Crippen molar-refractivity contribution >= 4 is 17.7 Å². The van der Waals surface area contributed by atoms with Crippen LogP contribution in [0.1, 0.15) is 33.5 Å². The lowest BCUT2D eigenvalue weighted by Crippen LogP contribution is -2.26. The molecule has 0 radical (unpaired) electrons. The zero-order valence-electron chi connectivity index (χ0n) is 13.7. The maximum atomic E-state index is 12.6. The Labute approximate surface area is 143 Å². The molecule has 0 fully saturated rings. The lowest BCUT2D eigenvalue weighted by molar-refractivity contribution is -0.125. The molecule has 1 N–H and O–H groups in total. The van der Waals surface area contributed by atoms with E-state index < -0.39 is 18.0 Å². The molecule has 1 unspecified atom stereocenters. The van der Waals surface area contributed by atoms with Gasteiger partial charge in [0.2, 0.25) is 6.10 Å². The minimum atomic E-state index is -1.14. The Kier molecular flexibility index (Phi) is 4.65. The molecule has 3 rings (SSSR count). The van der Waals surface area contributed by atoms with Crippen molar-refractivity contribution in [2.24, 2.45) is 0 Å². The molecule has 1 aromatic carbocycles. The number of carbonyl (C=O) groups excluding carboxylic acids is 2. The number of aryl methyl sites for hydroxylation is 2. The van der Waals surface area contributed by atoms with Crippen LogP contribution in [0.2, 0.25) is 0 Å². The first kappa shape index (κ1) is 16.5. The lowest BCUT2D eigenvalue weighted by atomic mass is 10.1. The number of rotatable bonds is 5. The Hall–Kier alpha value is -3.35. The standard InChI is InChI=1S/C18H16N2O5/c1-11-10-15(20-25-11)19-17(21)16(13-6-4-3-5-7-13)24-18(22)14-8-9-23-12(14)2/h3-10,16H,1-2H3,(H,19,20,21). The molecule has 0 bridgehead atoms. The molecule has 1 amide bonds. The summed E-state index contributed by atoms with van der Waals surface area (Å²) >= 11 is 0. The molecule has 2 aromatic heterocycles. The van der Waals surface area contributed by atoms with Crippen LogP contribution >= 0.6 is 0 Å². The number of amides is 1. The quantitative estimate of drug-likeness (QED) is 0.715. The maximum absolute atomic E-state index is 12.6. The minimum absolute atomic E-state index is 0.249. The van der Waals surface area contributed by atoms with Gasteiger partial charge in [-0.25, -0.2) is 4.79 Å². The molecular formula is C18H16N2O5. The SMILES string of the molecule is Cc1cc(NC(=O)C(OC(=O)c2ccoc2C)c2ccccc2)no1. The Bertz CT molecular complexity index is 882. The van der Waals surface area contributed by atoms with Gasteiger partial charge >= 0.3 is 5.97 Å². The Morgan fingerprint density at radius 2 is 1.92 bits per heavy atom. The average molecular weight is 340 g/mol. The van der Waals surface area contributed by atoms with Gasteiger partial charge in [0.25, 0.3) is 5.91 Å². The van der Waals surface area contributed by atoms with Crippen molar-refractivity contribution in [3.05, 3.63) is 71.4 Å². The van der Waals surface area contributed by atoms with E-state index in [2.05, 4.69) is 10.5 Å². The van der Waals surface area contributed by atoms with Gasteiger partial charge in [-0.15, -0.1) is 0 Å². The molecule has 0 saturated heterocycles. The number of aromatic nitrogens is 1. The largest absolute Gasteiger partial charge is 0.469 e. The summed E-state index contributed by atoms with van der Waals surface area (Å²) in [6, 6.07) is 11.8. The van der Waals surface area contributed by atoms with E-state index in [-0.39, 0.29) is 11.4 Å². The molecule has 0 aliphatic heterocycles.